The van der Waals surface area contributed by atoms with Gasteiger partial charge < -0.3 is 4.74 Å². The fourth-order valence-corrected chi connectivity index (χ4v) is 5.58. The lowest BCUT2D eigenvalue weighted by Crippen LogP contribution is -2.35. The quantitative estimate of drug-likeness (QED) is 0.485. The average Bonchev–Trinajstić information content (AvgIpc) is 3.52. The zero-order chi connectivity index (χ0) is 24.3. The number of esters is 1. The lowest BCUT2D eigenvalue weighted by atomic mass is 10.0. The van der Waals surface area contributed by atoms with E-state index in [1.165, 1.54) is 40.6 Å². The number of rotatable bonds is 8. The van der Waals surface area contributed by atoms with Gasteiger partial charge >= 0.3 is 5.97 Å². The van der Waals surface area contributed by atoms with E-state index < -0.39 is 10.0 Å². The Balaban J connectivity index is 1.59. The van der Waals surface area contributed by atoms with Crippen LogP contribution in [-0.4, -0.2) is 58.6 Å². The molecule has 0 aliphatic heterocycles. The Hall–Kier alpha value is -3.31. The van der Waals surface area contributed by atoms with E-state index in [0.29, 0.717) is 17.7 Å². The Bertz CT molecular complexity index is 1320. The van der Waals surface area contributed by atoms with Gasteiger partial charge in [-0.2, -0.15) is 4.31 Å². The van der Waals surface area contributed by atoms with E-state index in [2.05, 4.69) is 15.1 Å². The number of aromatic nitrogens is 4. The van der Waals surface area contributed by atoms with Gasteiger partial charge in [0.2, 0.25) is 10.0 Å². The maximum absolute atomic E-state index is 13.1. The summed E-state index contributed by atoms with van der Waals surface area (Å²) in [5, 5.41) is 2.87. The summed E-state index contributed by atoms with van der Waals surface area (Å²) in [5.41, 5.74) is 1.13. The van der Waals surface area contributed by atoms with E-state index in [1.807, 2.05) is 0 Å². The highest BCUT2D eigenvalue weighted by Gasteiger charge is 2.30. The Kier molecular flexibility index (Phi) is 6.94. The fourth-order valence-electron chi connectivity index (χ4n) is 4.22. The lowest BCUT2D eigenvalue weighted by molar-refractivity contribution is -0.140. The molecular weight excluding hydrogens is 458 g/mol. The number of aryl methyl sites for hydroxylation is 1. The number of sulfonamides is 1. The van der Waals surface area contributed by atoms with Crippen LogP contribution in [0.3, 0.4) is 0 Å². The maximum atomic E-state index is 13.1. The molecule has 0 bridgehead atoms. The second-order valence-electron chi connectivity index (χ2n) is 8.23. The third kappa shape index (κ3) is 4.66. The number of aromatic amines is 1. The zero-order valence-corrected chi connectivity index (χ0v) is 19.9. The minimum atomic E-state index is -3.67. The van der Waals surface area contributed by atoms with Crippen LogP contribution in [-0.2, 0) is 26.0 Å². The maximum Gasteiger partial charge on any atom is 0.305 e. The average molecular weight is 486 g/mol. The fraction of sp³-hybridized carbons (Fsp3) is 0.391. The second kappa shape index (κ2) is 9.90. The molecule has 11 heteroatoms. The van der Waals surface area contributed by atoms with E-state index >= 15 is 0 Å². The highest BCUT2D eigenvalue weighted by atomic mass is 32.2. The predicted octanol–water partition coefficient (Wildman–Crippen LogP) is 2.29. The van der Waals surface area contributed by atoms with Gasteiger partial charge in [0.25, 0.3) is 5.56 Å². The van der Waals surface area contributed by atoms with Gasteiger partial charge in [0, 0.05) is 38.1 Å². The van der Waals surface area contributed by atoms with Crippen molar-refractivity contribution in [2.45, 2.75) is 49.5 Å². The molecule has 0 unspecified atom stereocenters. The number of nitrogens with zero attached hydrogens (tertiary/aromatic N) is 4. The Morgan fingerprint density at radius 2 is 2.00 bits per heavy atom. The molecule has 3 aromatic heterocycles. The smallest absolute Gasteiger partial charge is 0.305 e. The van der Waals surface area contributed by atoms with Crippen molar-refractivity contribution in [3.63, 3.8) is 0 Å². The minimum absolute atomic E-state index is 0.00464. The standard InChI is InChI=1S/C23H27N5O5S/c1-27(17-7-3-4-8-17)34(31,32)18-10-11-20(25-14-18)28-23(30)19(15-26-28)22-16(6-5-13-24-22)9-12-21(29)33-2/h5-6,10-11,13-15,17,26H,3-4,7-9,12H2,1-2H3. The molecular formula is C23H27N5O5S. The molecule has 0 radical (unpaired) electrons. The SMILES string of the molecule is COC(=O)CCc1cccnc1-c1c[nH]n(-c2ccc(S(=O)(=O)N(C)C3CCCC3)cn2)c1=O. The summed E-state index contributed by atoms with van der Waals surface area (Å²) in [7, 11) is -0.735. The van der Waals surface area contributed by atoms with Gasteiger partial charge in [-0.3, -0.25) is 19.7 Å². The van der Waals surface area contributed by atoms with Gasteiger partial charge in [0.15, 0.2) is 5.82 Å². The molecule has 0 aromatic carbocycles. The summed E-state index contributed by atoms with van der Waals surface area (Å²) >= 11 is 0. The van der Waals surface area contributed by atoms with E-state index in [4.69, 9.17) is 4.74 Å². The lowest BCUT2D eigenvalue weighted by Gasteiger charge is -2.23. The van der Waals surface area contributed by atoms with Crippen LogP contribution in [0.2, 0.25) is 0 Å². The molecule has 1 N–H and O–H groups in total. The van der Waals surface area contributed by atoms with Crippen LogP contribution in [0, 0.1) is 0 Å². The number of pyridine rings is 2. The summed E-state index contributed by atoms with van der Waals surface area (Å²) in [5.74, 6) is -0.0927. The number of H-pyrrole nitrogens is 1. The summed E-state index contributed by atoms with van der Waals surface area (Å²) in [6, 6.07) is 6.50. The summed E-state index contributed by atoms with van der Waals surface area (Å²) in [6.45, 7) is 0. The van der Waals surface area contributed by atoms with Crippen LogP contribution in [0.1, 0.15) is 37.7 Å². The minimum Gasteiger partial charge on any atom is -0.469 e. The van der Waals surface area contributed by atoms with Crippen molar-refractivity contribution >= 4 is 16.0 Å². The van der Waals surface area contributed by atoms with Crippen molar-refractivity contribution < 1.29 is 17.9 Å². The van der Waals surface area contributed by atoms with Crippen molar-refractivity contribution in [3.8, 4) is 17.1 Å². The van der Waals surface area contributed by atoms with Gasteiger partial charge in [-0.15, -0.1) is 0 Å². The molecule has 0 spiro atoms. The summed E-state index contributed by atoms with van der Waals surface area (Å²) in [6.07, 6.45) is 8.68. The molecule has 3 aromatic rings. The van der Waals surface area contributed by atoms with Crippen molar-refractivity contribution in [2.24, 2.45) is 0 Å². The van der Waals surface area contributed by atoms with Crippen LogP contribution < -0.4 is 5.56 Å². The highest BCUT2D eigenvalue weighted by Crippen LogP contribution is 2.27. The van der Waals surface area contributed by atoms with E-state index in [9.17, 15) is 18.0 Å². The van der Waals surface area contributed by atoms with E-state index in [0.717, 1.165) is 31.2 Å². The number of hydrogen-bond acceptors (Lipinski definition) is 7. The van der Waals surface area contributed by atoms with Gasteiger partial charge in [-0.05, 0) is 43.0 Å². The van der Waals surface area contributed by atoms with Crippen LogP contribution in [0.15, 0.2) is 52.5 Å². The molecule has 34 heavy (non-hydrogen) atoms. The van der Waals surface area contributed by atoms with Crippen LogP contribution >= 0.6 is 0 Å². The first-order valence-electron chi connectivity index (χ1n) is 11.1. The second-order valence-corrected chi connectivity index (χ2v) is 10.2. The van der Waals surface area contributed by atoms with E-state index in [-0.39, 0.29) is 34.7 Å². The van der Waals surface area contributed by atoms with Crippen molar-refractivity contribution in [3.05, 3.63) is 58.8 Å². The first-order valence-corrected chi connectivity index (χ1v) is 12.5. The largest absolute Gasteiger partial charge is 0.469 e. The number of nitrogens with one attached hydrogen (secondary N) is 1. The molecule has 10 nitrogen and oxygen atoms in total. The van der Waals surface area contributed by atoms with Gasteiger partial charge in [0.1, 0.15) is 4.90 Å². The van der Waals surface area contributed by atoms with Gasteiger partial charge in [0.05, 0.1) is 18.4 Å². The summed E-state index contributed by atoms with van der Waals surface area (Å²) in [4.78, 5) is 33.3. The molecule has 3 heterocycles. The number of ether oxygens (including phenoxy) is 1. The van der Waals surface area contributed by atoms with Crippen molar-refractivity contribution in [1.29, 1.82) is 0 Å². The van der Waals surface area contributed by atoms with Gasteiger partial charge in [-0.25, -0.2) is 18.1 Å². The van der Waals surface area contributed by atoms with Crippen LogP contribution in [0.4, 0.5) is 0 Å². The van der Waals surface area contributed by atoms with E-state index in [1.54, 1.807) is 25.4 Å². The van der Waals surface area contributed by atoms with Crippen molar-refractivity contribution in [1.82, 2.24) is 24.1 Å². The normalized spacial score (nSPS) is 14.6. The number of carbonyl (C=O) groups is 1. The molecule has 4 rings (SSSR count). The molecule has 0 amide bonds. The van der Waals surface area contributed by atoms with Crippen molar-refractivity contribution in [2.75, 3.05) is 14.2 Å². The molecule has 180 valence electrons. The summed E-state index contributed by atoms with van der Waals surface area (Å²) < 4.78 is 33.3. The highest BCUT2D eigenvalue weighted by molar-refractivity contribution is 7.89. The topological polar surface area (TPSA) is 127 Å². The third-order valence-electron chi connectivity index (χ3n) is 6.21. The van der Waals surface area contributed by atoms with Crippen LogP contribution in [0.5, 0.6) is 0 Å². The Morgan fingerprint density at radius 3 is 2.68 bits per heavy atom. The monoisotopic (exact) mass is 485 g/mol. The molecule has 0 atom stereocenters. The molecule has 0 saturated heterocycles. The number of hydrogen-bond donors (Lipinski definition) is 1. The predicted molar refractivity (Wildman–Crippen MR) is 125 cm³/mol. The first kappa shape index (κ1) is 23.8. The first-order chi connectivity index (χ1) is 16.3. The Labute approximate surface area is 197 Å². The van der Waals surface area contributed by atoms with Gasteiger partial charge in [-0.1, -0.05) is 18.9 Å². The molecule has 1 saturated carbocycles. The number of carbonyl (C=O) groups excluding carboxylic acids is 1. The molecule has 1 fully saturated rings. The number of methoxy groups -OCH3 is 1. The zero-order valence-electron chi connectivity index (χ0n) is 19.1. The van der Waals surface area contributed by atoms with Crippen LogP contribution in [0.25, 0.3) is 17.1 Å². The molecule has 1 aliphatic rings. The third-order valence-corrected chi connectivity index (χ3v) is 8.10. The molecule has 1 aliphatic carbocycles. The Morgan fingerprint density at radius 1 is 1.24 bits per heavy atom.